The molecule has 0 heterocycles. The molecule has 1 rings (SSSR count). The highest BCUT2D eigenvalue weighted by atomic mass is 35.5. The van der Waals surface area contributed by atoms with Gasteiger partial charge in [-0.2, -0.15) is 0 Å². The Labute approximate surface area is 74.6 Å². The molecule has 0 bridgehead atoms. The third-order valence-corrected chi connectivity index (χ3v) is 1.70. The van der Waals surface area contributed by atoms with Crippen molar-refractivity contribution in [1.29, 1.82) is 0 Å². The zero-order chi connectivity index (χ0) is 8.97. The molecule has 12 heavy (non-hydrogen) atoms. The maximum Gasteiger partial charge on any atom is 0.0561 e. The smallest absolute Gasteiger partial charge is 0.0561 e. The molecule has 0 aliphatic heterocycles. The molecule has 0 amide bonds. The number of azide groups is 1. The molecule has 5 heteroatoms. The average Bonchev–Trinajstić information content (AvgIpc) is 2.09. The van der Waals surface area contributed by atoms with Crippen LogP contribution in [0.4, 0.5) is 5.69 Å². The first-order chi connectivity index (χ1) is 5.77. The van der Waals surface area contributed by atoms with E-state index in [9.17, 15) is 0 Å². The summed E-state index contributed by atoms with van der Waals surface area (Å²) in [5.74, 6) is 0. The predicted molar refractivity (Wildman–Crippen MR) is 48.1 cm³/mol. The topological polar surface area (TPSA) is 74.8 Å². The van der Waals surface area contributed by atoms with E-state index in [1.54, 1.807) is 18.2 Å². The van der Waals surface area contributed by atoms with Gasteiger partial charge in [-0.05, 0) is 17.2 Å². The molecule has 0 radical (unpaired) electrons. The Hall–Kier alpha value is -1.22. The summed E-state index contributed by atoms with van der Waals surface area (Å²) in [6.45, 7) is 0.427. The highest BCUT2D eigenvalue weighted by Gasteiger charge is 1.97. The number of benzene rings is 1. The van der Waals surface area contributed by atoms with Crippen molar-refractivity contribution in [1.82, 2.24) is 0 Å². The number of nitrogens with two attached hydrogens (primary N) is 1. The van der Waals surface area contributed by atoms with Gasteiger partial charge in [-0.15, -0.1) is 0 Å². The molecule has 0 saturated heterocycles. The molecular weight excluding hydrogens is 176 g/mol. The second kappa shape index (κ2) is 3.97. The van der Waals surface area contributed by atoms with E-state index >= 15 is 0 Å². The molecule has 62 valence electrons. The quantitative estimate of drug-likeness (QED) is 0.426. The number of rotatable bonds is 2. The Morgan fingerprint density at radius 1 is 1.58 bits per heavy atom. The van der Waals surface area contributed by atoms with Gasteiger partial charge >= 0.3 is 0 Å². The average molecular weight is 183 g/mol. The summed E-state index contributed by atoms with van der Waals surface area (Å²) in [6, 6.07) is 5.10. The largest absolute Gasteiger partial charge is 0.326 e. The summed E-state index contributed by atoms with van der Waals surface area (Å²) in [5.41, 5.74) is 14.9. The summed E-state index contributed by atoms with van der Waals surface area (Å²) in [6.07, 6.45) is 0. The third-order valence-electron chi connectivity index (χ3n) is 1.40. The summed E-state index contributed by atoms with van der Waals surface area (Å²) in [7, 11) is 0. The number of hydrogen-bond donors (Lipinski definition) is 1. The first kappa shape index (κ1) is 8.87. The van der Waals surface area contributed by atoms with Crippen LogP contribution >= 0.6 is 11.6 Å². The molecule has 0 saturated carbocycles. The van der Waals surface area contributed by atoms with Gasteiger partial charge in [0, 0.05) is 11.5 Å². The number of hydrogen-bond acceptors (Lipinski definition) is 2. The van der Waals surface area contributed by atoms with Crippen molar-refractivity contribution in [3.8, 4) is 0 Å². The molecule has 0 fully saturated rings. The Balaban J connectivity index is 3.11. The van der Waals surface area contributed by atoms with Gasteiger partial charge in [-0.3, -0.25) is 0 Å². The van der Waals surface area contributed by atoms with E-state index in [0.29, 0.717) is 17.3 Å². The second-order valence-electron chi connectivity index (χ2n) is 2.18. The van der Waals surface area contributed by atoms with Crippen molar-refractivity contribution >= 4 is 17.3 Å². The van der Waals surface area contributed by atoms with Crippen molar-refractivity contribution < 1.29 is 0 Å². The van der Waals surface area contributed by atoms with E-state index in [-0.39, 0.29) is 0 Å². The van der Waals surface area contributed by atoms with Crippen molar-refractivity contribution in [3.05, 3.63) is 39.2 Å². The van der Waals surface area contributed by atoms with Crippen LogP contribution in [0, 0.1) is 0 Å². The van der Waals surface area contributed by atoms with Crippen LogP contribution in [0.1, 0.15) is 5.56 Å². The summed E-state index contributed by atoms with van der Waals surface area (Å²) < 4.78 is 0. The van der Waals surface area contributed by atoms with Gasteiger partial charge in [0.15, 0.2) is 0 Å². The van der Waals surface area contributed by atoms with Crippen molar-refractivity contribution in [3.63, 3.8) is 0 Å². The van der Waals surface area contributed by atoms with Gasteiger partial charge in [0.25, 0.3) is 0 Å². The molecule has 0 aliphatic rings. The van der Waals surface area contributed by atoms with Crippen LogP contribution in [0.5, 0.6) is 0 Å². The zero-order valence-corrected chi connectivity index (χ0v) is 6.99. The molecular formula is C7H7ClN4. The van der Waals surface area contributed by atoms with Gasteiger partial charge in [0.1, 0.15) is 0 Å². The maximum absolute atomic E-state index is 8.15. The molecule has 2 N–H and O–H groups in total. The zero-order valence-electron chi connectivity index (χ0n) is 6.24. The van der Waals surface area contributed by atoms with Crippen LogP contribution in [0.3, 0.4) is 0 Å². The molecule has 1 aromatic rings. The van der Waals surface area contributed by atoms with Crippen LogP contribution in [0.25, 0.3) is 10.4 Å². The minimum atomic E-state index is 0.427. The second-order valence-corrected chi connectivity index (χ2v) is 2.59. The van der Waals surface area contributed by atoms with Crippen LogP contribution < -0.4 is 5.73 Å². The van der Waals surface area contributed by atoms with Crippen LogP contribution in [0.15, 0.2) is 23.3 Å². The highest BCUT2D eigenvalue weighted by Crippen LogP contribution is 2.25. The fourth-order valence-corrected chi connectivity index (χ4v) is 1.05. The van der Waals surface area contributed by atoms with Crippen molar-refractivity contribution in [2.45, 2.75) is 6.54 Å². The number of halogens is 1. The van der Waals surface area contributed by atoms with E-state index in [0.717, 1.165) is 5.56 Å². The van der Waals surface area contributed by atoms with Crippen LogP contribution in [-0.2, 0) is 6.54 Å². The maximum atomic E-state index is 8.15. The predicted octanol–water partition coefficient (Wildman–Crippen LogP) is 2.74. The lowest BCUT2D eigenvalue weighted by Crippen LogP contribution is -1.94. The van der Waals surface area contributed by atoms with Gasteiger partial charge in [0.2, 0.25) is 0 Å². The molecule has 0 unspecified atom stereocenters. The molecule has 0 aromatic heterocycles. The molecule has 1 aromatic carbocycles. The van der Waals surface area contributed by atoms with Gasteiger partial charge in [-0.25, -0.2) is 0 Å². The Kier molecular flexibility index (Phi) is 2.94. The van der Waals surface area contributed by atoms with Gasteiger partial charge in [0.05, 0.1) is 10.7 Å². The number of nitrogens with zero attached hydrogens (tertiary/aromatic N) is 3. The van der Waals surface area contributed by atoms with E-state index in [1.807, 2.05) is 0 Å². The Morgan fingerprint density at radius 3 is 2.83 bits per heavy atom. The fourth-order valence-electron chi connectivity index (χ4n) is 0.807. The van der Waals surface area contributed by atoms with Crippen LogP contribution in [0.2, 0.25) is 5.02 Å². The first-order valence-corrected chi connectivity index (χ1v) is 3.69. The lowest BCUT2D eigenvalue weighted by molar-refractivity contribution is 1.07. The Bertz CT molecular complexity index is 330. The van der Waals surface area contributed by atoms with E-state index in [1.165, 1.54) is 0 Å². The molecule has 4 nitrogen and oxygen atoms in total. The molecule has 0 spiro atoms. The molecule has 0 aliphatic carbocycles. The normalized spacial score (nSPS) is 9.17. The Morgan fingerprint density at radius 2 is 2.33 bits per heavy atom. The summed E-state index contributed by atoms with van der Waals surface area (Å²) in [5, 5.41) is 3.82. The SMILES string of the molecule is [N-]=[N+]=Nc1ccc(CN)cc1Cl. The van der Waals surface area contributed by atoms with E-state index in [4.69, 9.17) is 22.9 Å². The lowest BCUT2D eigenvalue weighted by Gasteiger charge is -1.99. The van der Waals surface area contributed by atoms with Gasteiger partial charge < -0.3 is 5.73 Å². The first-order valence-electron chi connectivity index (χ1n) is 3.31. The highest BCUT2D eigenvalue weighted by molar-refractivity contribution is 6.33. The summed E-state index contributed by atoms with van der Waals surface area (Å²) >= 11 is 5.77. The van der Waals surface area contributed by atoms with Crippen LogP contribution in [-0.4, -0.2) is 0 Å². The lowest BCUT2D eigenvalue weighted by atomic mass is 10.2. The fraction of sp³-hybridized carbons (Fsp3) is 0.143. The van der Waals surface area contributed by atoms with Crippen molar-refractivity contribution in [2.24, 2.45) is 10.8 Å². The van der Waals surface area contributed by atoms with E-state index in [2.05, 4.69) is 10.0 Å². The third kappa shape index (κ3) is 1.89. The monoisotopic (exact) mass is 182 g/mol. The van der Waals surface area contributed by atoms with Gasteiger partial charge in [-0.1, -0.05) is 28.8 Å². The standard InChI is InChI=1S/C7H7ClN4/c8-6-3-5(4-9)1-2-7(6)11-12-10/h1-3H,4,9H2. The molecule has 0 atom stereocenters. The minimum absolute atomic E-state index is 0.427. The minimum Gasteiger partial charge on any atom is -0.326 e. The van der Waals surface area contributed by atoms with Crippen molar-refractivity contribution in [2.75, 3.05) is 0 Å². The summed E-state index contributed by atoms with van der Waals surface area (Å²) in [4.78, 5) is 2.63. The van der Waals surface area contributed by atoms with E-state index < -0.39 is 0 Å².